The first-order valence-corrected chi connectivity index (χ1v) is 14.3. The number of alkyl carbamates (subject to hydrolysis) is 2. The van der Waals surface area contributed by atoms with Crippen LogP contribution in [0.2, 0.25) is 0 Å². The highest BCUT2D eigenvalue weighted by Crippen LogP contribution is 2.24. The van der Waals surface area contributed by atoms with Gasteiger partial charge >= 0.3 is 24.1 Å². The van der Waals surface area contributed by atoms with E-state index in [1.54, 1.807) is 0 Å². The van der Waals surface area contributed by atoms with Crippen LogP contribution in [0.25, 0.3) is 0 Å². The Morgan fingerprint density at radius 1 is 0.658 bits per heavy atom. The van der Waals surface area contributed by atoms with E-state index in [-0.39, 0.29) is 13.2 Å². The van der Waals surface area contributed by atoms with Gasteiger partial charge in [0.2, 0.25) is 0 Å². The van der Waals surface area contributed by atoms with Gasteiger partial charge in [0, 0.05) is 11.5 Å². The minimum Gasteiger partial charge on any atom is -0.467 e. The Hall–Kier alpha value is -3.38. The molecule has 10 nitrogen and oxygen atoms in total. The third-order valence-corrected chi connectivity index (χ3v) is 7.52. The summed E-state index contributed by atoms with van der Waals surface area (Å²) >= 11 is 0. The van der Waals surface area contributed by atoms with Crippen LogP contribution in [-0.4, -0.2) is 61.9 Å². The zero-order valence-corrected chi connectivity index (χ0v) is 22.9. The molecule has 2 amide bonds. The van der Waals surface area contributed by atoms with Crippen LogP contribution in [0.3, 0.4) is 0 Å². The molecule has 0 aliphatic rings. The monoisotopic (exact) mass is 564 g/mol. The van der Waals surface area contributed by atoms with Crippen molar-refractivity contribution in [1.29, 1.82) is 0 Å². The van der Waals surface area contributed by atoms with Gasteiger partial charge in [0.15, 0.2) is 0 Å². The molecule has 2 aromatic rings. The van der Waals surface area contributed by atoms with E-state index in [1.807, 2.05) is 60.7 Å². The second-order valence-corrected chi connectivity index (χ2v) is 10.5. The highest BCUT2D eigenvalue weighted by atomic mass is 33.1. The molecule has 38 heavy (non-hydrogen) atoms. The molecular weight excluding hydrogens is 532 g/mol. The maximum atomic E-state index is 12.1. The molecule has 0 fully saturated rings. The summed E-state index contributed by atoms with van der Waals surface area (Å²) in [6.07, 6.45) is -0.800. The summed E-state index contributed by atoms with van der Waals surface area (Å²) in [7, 11) is 5.41. The Morgan fingerprint density at radius 3 is 1.37 bits per heavy atom. The highest BCUT2D eigenvalue weighted by Gasteiger charge is 2.23. The molecule has 0 radical (unpaired) electrons. The zero-order valence-electron chi connectivity index (χ0n) is 21.3. The van der Waals surface area contributed by atoms with Crippen LogP contribution in [0, 0.1) is 0 Å². The van der Waals surface area contributed by atoms with Crippen molar-refractivity contribution >= 4 is 45.7 Å². The van der Waals surface area contributed by atoms with Crippen molar-refractivity contribution in [3.05, 3.63) is 71.8 Å². The van der Waals surface area contributed by atoms with Crippen LogP contribution in [0.5, 0.6) is 0 Å². The standard InChI is InChI=1S/C26H32N2O8S2/c1-33-23(29)21(27-25(31)35-17-19-9-5-3-6-10-19)13-15-37-38-16-14-22(24(30)34-2)28-26(32)36-18-20-11-7-4-8-12-20/h3-12,21-22H,13-18H2,1-2H3,(H,27,31)(H,28,32)/t21-,22-/m0/s1. The smallest absolute Gasteiger partial charge is 0.408 e. The van der Waals surface area contributed by atoms with Gasteiger partial charge in [0.1, 0.15) is 25.3 Å². The fraction of sp³-hybridized carbons (Fsp3) is 0.385. The van der Waals surface area contributed by atoms with Crippen molar-refractivity contribution in [1.82, 2.24) is 10.6 Å². The van der Waals surface area contributed by atoms with Crippen molar-refractivity contribution in [2.45, 2.75) is 38.1 Å². The first-order valence-electron chi connectivity index (χ1n) is 11.8. The topological polar surface area (TPSA) is 129 Å². The molecule has 0 saturated heterocycles. The predicted molar refractivity (Wildman–Crippen MR) is 145 cm³/mol. The summed E-state index contributed by atoms with van der Waals surface area (Å²) in [6, 6.07) is 16.7. The number of esters is 2. The summed E-state index contributed by atoms with van der Waals surface area (Å²) < 4.78 is 19.9. The molecule has 0 aliphatic carbocycles. The highest BCUT2D eigenvalue weighted by molar-refractivity contribution is 8.76. The Balaban J connectivity index is 1.69. The van der Waals surface area contributed by atoms with Crippen molar-refractivity contribution in [3.63, 3.8) is 0 Å². The number of methoxy groups -OCH3 is 2. The molecule has 12 heteroatoms. The van der Waals surface area contributed by atoms with Crippen LogP contribution in [0.1, 0.15) is 24.0 Å². The third kappa shape index (κ3) is 12.2. The van der Waals surface area contributed by atoms with Gasteiger partial charge in [-0.05, 0) is 24.0 Å². The Bertz CT molecular complexity index is 929. The number of benzene rings is 2. The third-order valence-electron chi connectivity index (χ3n) is 5.04. The van der Waals surface area contributed by atoms with Gasteiger partial charge in [-0.3, -0.25) is 0 Å². The average molecular weight is 565 g/mol. The molecule has 0 bridgehead atoms. The van der Waals surface area contributed by atoms with Crippen LogP contribution < -0.4 is 10.6 Å². The van der Waals surface area contributed by atoms with Gasteiger partial charge in [-0.2, -0.15) is 0 Å². The lowest BCUT2D eigenvalue weighted by molar-refractivity contribution is -0.143. The molecule has 0 spiro atoms. The van der Waals surface area contributed by atoms with E-state index in [4.69, 9.17) is 18.9 Å². The Morgan fingerprint density at radius 2 is 1.03 bits per heavy atom. The summed E-state index contributed by atoms with van der Waals surface area (Å²) in [5.41, 5.74) is 1.65. The molecule has 0 aromatic heterocycles. The fourth-order valence-corrected chi connectivity index (χ4v) is 5.23. The molecule has 2 atom stereocenters. The molecule has 2 aromatic carbocycles. The van der Waals surface area contributed by atoms with Gasteiger partial charge in [-0.25, -0.2) is 19.2 Å². The second-order valence-electron chi connectivity index (χ2n) is 7.78. The number of amides is 2. The minimum atomic E-state index is -0.861. The molecule has 0 aliphatic heterocycles. The van der Waals surface area contributed by atoms with E-state index < -0.39 is 36.2 Å². The fourth-order valence-electron chi connectivity index (χ4n) is 3.05. The first kappa shape index (κ1) is 30.8. The largest absolute Gasteiger partial charge is 0.467 e. The minimum absolute atomic E-state index is 0.0837. The molecule has 0 unspecified atom stereocenters. The van der Waals surface area contributed by atoms with E-state index in [0.29, 0.717) is 24.3 Å². The van der Waals surface area contributed by atoms with E-state index in [1.165, 1.54) is 35.8 Å². The van der Waals surface area contributed by atoms with Crippen LogP contribution in [0.4, 0.5) is 9.59 Å². The Kier molecular flexibility index (Phi) is 14.6. The van der Waals surface area contributed by atoms with Gasteiger partial charge in [0.05, 0.1) is 14.2 Å². The average Bonchev–Trinajstić information content (AvgIpc) is 2.95. The predicted octanol–water partition coefficient (Wildman–Crippen LogP) is 4.08. The van der Waals surface area contributed by atoms with E-state index >= 15 is 0 Å². The summed E-state index contributed by atoms with van der Waals surface area (Å²) in [5.74, 6) is -0.120. The van der Waals surface area contributed by atoms with Crippen molar-refractivity contribution < 1.29 is 38.1 Å². The van der Waals surface area contributed by atoms with Crippen LogP contribution >= 0.6 is 21.6 Å². The molecule has 2 N–H and O–H groups in total. The normalized spacial score (nSPS) is 11.9. The maximum Gasteiger partial charge on any atom is 0.408 e. The summed E-state index contributed by atoms with van der Waals surface area (Å²) in [6.45, 7) is 0.167. The van der Waals surface area contributed by atoms with E-state index in [2.05, 4.69) is 10.6 Å². The van der Waals surface area contributed by atoms with Crippen molar-refractivity contribution in [2.75, 3.05) is 25.7 Å². The van der Waals surface area contributed by atoms with Crippen molar-refractivity contribution in [2.24, 2.45) is 0 Å². The number of rotatable bonds is 15. The van der Waals surface area contributed by atoms with Gasteiger partial charge in [-0.15, -0.1) is 0 Å². The molecular formula is C26H32N2O8S2. The molecule has 0 saturated carbocycles. The van der Waals surface area contributed by atoms with Crippen LogP contribution in [-0.2, 0) is 41.8 Å². The number of hydrogen-bond donors (Lipinski definition) is 2. The van der Waals surface area contributed by atoms with E-state index in [0.717, 1.165) is 11.1 Å². The lowest BCUT2D eigenvalue weighted by atomic mass is 10.2. The van der Waals surface area contributed by atoms with Crippen molar-refractivity contribution in [3.8, 4) is 0 Å². The van der Waals surface area contributed by atoms with Gasteiger partial charge < -0.3 is 29.6 Å². The number of carbonyl (C=O) groups excluding carboxylic acids is 4. The second kappa shape index (κ2) is 18.0. The molecule has 0 heterocycles. The first-order chi connectivity index (χ1) is 18.4. The number of ether oxygens (including phenoxy) is 4. The molecule has 2 rings (SSSR count). The van der Waals surface area contributed by atoms with Gasteiger partial charge in [-0.1, -0.05) is 82.3 Å². The van der Waals surface area contributed by atoms with E-state index in [9.17, 15) is 19.2 Å². The Labute approximate surface area is 229 Å². The zero-order chi connectivity index (χ0) is 27.6. The summed E-state index contributed by atoms with van der Waals surface area (Å²) in [5, 5.41) is 5.07. The number of nitrogens with one attached hydrogen (secondary N) is 2. The lowest BCUT2D eigenvalue weighted by Gasteiger charge is -2.17. The quantitative estimate of drug-likeness (QED) is 0.141. The van der Waals surface area contributed by atoms with Gasteiger partial charge in [0.25, 0.3) is 0 Å². The number of hydrogen-bond acceptors (Lipinski definition) is 10. The summed E-state index contributed by atoms with van der Waals surface area (Å²) in [4.78, 5) is 48.4. The SMILES string of the molecule is COC(=O)[C@H](CCSSCC[C@H](NC(=O)OCc1ccccc1)C(=O)OC)NC(=O)OCc1ccccc1. The van der Waals surface area contributed by atoms with Crippen LogP contribution in [0.15, 0.2) is 60.7 Å². The molecule has 206 valence electrons. The maximum absolute atomic E-state index is 12.1. The number of carbonyl (C=O) groups is 4. The lowest BCUT2D eigenvalue weighted by Crippen LogP contribution is -2.42.